The van der Waals surface area contributed by atoms with E-state index in [1.807, 2.05) is 6.92 Å². The summed E-state index contributed by atoms with van der Waals surface area (Å²) >= 11 is 0.149. The Morgan fingerprint density at radius 3 is 1.35 bits per heavy atom. The largest absolute Gasteiger partial charge is 0.478 e. The van der Waals surface area contributed by atoms with Gasteiger partial charge in [-0.2, -0.15) is 0 Å². The molecule has 7 heteroatoms. The number of carboxylic acids is 3. The van der Waals surface area contributed by atoms with Gasteiger partial charge in [-0.15, -0.1) is 0 Å². The molecule has 0 saturated carbocycles. The molecule has 0 amide bonds. The monoisotopic (exact) mass is 438 g/mol. The molecule has 3 N–H and O–H groups in total. The third-order valence-electron chi connectivity index (χ3n) is 2.25. The Hall–Kier alpha value is -1.05. The predicted molar refractivity (Wildman–Crippen MR) is 92.1 cm³/mol. The Morgan fingerprint density at radius 1 is 0.783 bits per heavy atom. The fraction of sp³-hybridized carbons (Fsp3) is 0.688. The molecule has 2 radical (unpaired) electrons. The van der Waals surface area contributed by atoms with Crippen molar-refractivity contribution >= 4 is 39.1 Å². The summed E-state index contributed by atoms with van der Waals surface area (Å²) in [6.07, 6.45) is 7.98. The molecular formula is C16H30O6Sn. The van der Waals surface area contributed by atoms with Crippen molar-refractivity contribution < 1.29 is 29.7 Å². The summed E-state index contributed by atoms with van der Waals surface area (Å²) in [4.78, 5) is 28.7. The van der Waals surface area contributed by atoms with E-state index in [9.17, 15) is 14.4 Å². The molecule has 0 unspecified atom stereocenters. The van der Waals surface area contributed by atoms with E-state index in [1.54, 1.807) is 8.87 Å². The molecule has 0 heterocycles. The Balaban J connectivity index is -0.000000266. The van der Waals surface area contributed by atoms with Gasteiger partial charge in [-0.1, -0.05) is 6.92 Å². The minimum Gasteiger partial charge on any atom is -0.478 e. The first-order valence-corrected chi connectivity index (χ1v) is 11.9. The van der Waals surface area contributed by atoms with Crippen molar-refractivity contribution in [2.75, 3.05) is 0 Å². The molecule has 0 fully saturated rings. The van der Waals surface area contributed by atoms with E-state index in [1.165, 1.54) is 25.7 Å². The number of hydrogen-bond acceptors (Lipinski definition) is 3. The first kappa shape index (κ1) is 26.8. The zero-order valence-corrected chi connectivity index (χ0v) is 17.2. The number of hydrogen-bond donors (Lipinski definition) is 3. The van der Waals surface area contributed by atoms with Crippen LogP contribution in [0.4, 0.5) is 0 Å². The van der Waals surface area contributed by atoms with Crippen LogP contribution in [0.25, 0.3) is 0 Å². The number of unbranched alkanes of at least 4 members (excludes halogenated alkanes) is 2. The van der Waals surface area contributed by atoms with Gasteiger partial charge in [0, 0.05) is 18.6 Å². The molecule has 0 atom stereocenters. The van der Waals surface area contributed by atoms with Gasteiger partial charge in [0.25, 0.3) is 0 Å². The first-order valence-electron chi connectivity index (χ1n) is 7.88. The van der Waals surface area contributed by atoms with Gasteiger partial charge < -0.3 is 15.3 Å². The molecular weight excluding hydrogens is 407 g/mol. The summed E-state index contributed by atoms with van der Waals surface area (Å²) in [6, 6.07) is 0. The molecule has 0 aromatic rings. The van der Waals surface area contributed by atoms with Gasteiger partial charge in [-0.3, -0.25) is 4.79 Å². The van der Waals surface area contributed by atoms with Crippen LogP contribution in [0, 0.1) is 0 Å². The van der Waals surface area contributed by atoms with Gasteiger partial charge in [0.15, 0.2) is 0 Å². The van der Waals surface area contributed by atoms with E-state index in [0.717, 1.165) is 6.42 Å². The third kappa shape index (κ3) is 44.9. The van der Waals surface area contributed by atoms with Gasteiger partial charge in [0.2, 0.25) is 0 Å². The van der Waals surface area contributed by atoms with Gasteiger partial charge in [-0.25, -0.2) is 9.59 Å². The molecule has 0 aliphatic rings. The van der Waals surface area contributed by atoms with Gasteiger partial charge in [-0.05, 0) is 6.42 Å². The van der Waals surface area contributed by atoms with Crippen LogP contribution in [0.3, 0.4) is 0 Å². The standard InChI is InChI=1S/C4H4O4.C4H8O2.2C4H9.Sn/c5-3(6)1-2-4(7)8;1-2-3-4(5)6;2*1-3-4-2;/h1-2H,(H,5,6)(H,7,8);2-3H2,1H3,(H,5,6);2*1,3-4H2,2H3;/b2-1-;;;;. The van der Waals surface area contributed by atoms with Crippen molar-refractivity contribution in [1.82, 2.24) is 0 Å². The molecule has 6 nitrogen and oxygen atoms in total. The average Bonchev–Trinajstić information content (AvgIpc) is 2.46. The molecule has 0 aliphatic heterocycles. The van der Waals surface area contributed by atoms with Crippen LogP contribution >= 0.6 is 0 Å². The van der Waals surface area contributed by atoms with Crippen LogP contribution in [-0.2, 0) is 14.4 Å². The Bertz CT molecular complexity index is 307. The van der Waals surface area contributed by atoms with Crippen LogP contribution in [0.1, 0.15) is 59.3 Å². The van der Waals surface area contributed by atoms with Crippen molar-refractivity contribution in [3.63, 3.8) is 0 Å². The molecule has 23 heavy (non-hydrogen) atoms. The molecule has 0 aromatic carbocycles. The van der Waals surface area contributed by atoms with Crippen LogP contribution in [0.2, 0.25) is 8.87 Å². The van der Waals surface area contributed by atoms with E-state index < -0.39 is 17.9 Å². The maximum absolute atomic E-state index is 9.60. The fourth-order valence-electron chi connectivity index (χ4n) is 1.08. The van der Waals surface area contributed by atoms with Crippen LogP contribution < -0.4 is 0 Å². The van der Waals surface area contributed by atoms with Crippen molar-refractivity contribution in [3.8, 4) is 0 Å². The Morgan fingerprint density at radius 2 is 1.17 bits per heavy atom. The smallest absolute Gasteiger partial charge is 0.328 e. The third-order valence-corrected chi connectivity index (χ3v) is 6.28. The second kappa shape index (κ2) is 23.2. The van der Waals surface area contributed by atoms with E-state index in [4.69, 9.17) is 15.3 Å². The van der Waals surface area contributed by atoms with Crippen molar-refractivity contribution in [1.29, 1.82) is 0 Å². The fourth-order valence-corrected chi connectivity index (χ4v) is 5.24. The normalized spacial score (nSPS) is 9.35. The topological polar surface area (TPSA) is 112 Å². The second-order valence-electron chi connectivity index (χ2n) is 4.61. The summed E-state index contributed by atoms with van der Waals surface area (Å²) in [6.45, 7) is 6.42. The summed E-state index contributed by atoms with van der Waals surface area (Å²) in [5.74, 6) is -3.22. The number of aliphatic carboxylic acids is 3. The van der Waals surface area contributed by atoms with Crippen LogP contribution in [0.15, 0.2) is 12.2 Å². The summed E-state index contributed by atoms with van der Waals surface area (Å²) in [7, 11) is 0. The molecule has 0 bridgehead atoms. The Labute approximate surface area is 149 Å². The molecule has 0 aromatic heterocycles. The zero-order valence-electron chi connectivity index (χ0n) is 14.4. The van der Waals surface area contributed by atoms with E-state index >= 15 is 0 Å². The van der Waals surface area contributed by atoms with Crippen molar-refractivity contribution in [3.05, 3.63) is 12.2 Å². The molecule has 0 saturated heterocycles. The van der Waals surface area contributed by atoms with Crippen LogP contribution in [-0.4, -0.2) is 54.4 Å². The summed E-state index contributed by atoms with van der Waals surface area (Å²) in [5.41, 5.74) is 0. The Kier molecular flexibility index (Phi) is 27.1. The quantitative estimate of drug-likeness (QED) is 0.273. The van der Waals surface area contributed by atoms with Crippen LogP contribution in [0.5, 0.6) is 0 Å². The summed E-state index contributed by atoms with van der Waals surface area (Å²) in [5, 5.41) is 23.5. The maximum atomic E-state index is 9.60. The predicted octanol–water partition coefficient (Wildman–Crippen LogP) is 3.71. The second-order valence-corrected chi connectivity index (χ2v) is 8.89. The number of rotatable bonds is 10. The van der Waals surface area contributed by atoms with Gasteiger partial charge in [0.1, 0.15) is 0 Å². The minimum absolute atomic E-state index is 0.149. The zero-order chi connectivity index (χ0) is 18.5. The summed E-state index contributed by atoms with van der Waals surface area (Å²) < 4.78 is 3.25. The van der Waals surface area contributed by atoms with Gasteiger partial charge >= 0.3 is 87.5 Å². The number of carboxylic acid groups (broad SMARTS) is 3. The van der Waals surface area contributed by atoms with E-state index in [2.05, 4.69) is 13.8 Å². The first-order chi connectivity index (χ1) is 10.8. The average molecular weight is 437 g/mol. The molecule has 0 rings (SSSR count). The van der Waals surface area contributed by atoms with Crippen molar-refractivity contribution in [2.24, 2.45) is 0 Å². The van der Waals surface area contributed by atoms with E-state index in [-0.39, 0.29) is 21.1 Å². The molecule has 0 aliphatic carbocycles. The molecule has 134 valence electrons. The molecule has 0 spiro atoms. The minimum atomic E-state index is -1.26. The van der Waals surface area contributed by atoms with E-state index in [0.29, 0.717) is 18.6 Å². The number of carbonyl (C=O) groups is 3. The maximum Gasteiger partial charge on any atom is 0.328 e. The van der Waals surface area contributed by atoms with Crippen molar-refractivity contribution in [2.45, 2.75) is 68.2 Å². The van der Waals surface area contributed by atoms with Gasteiger partial charge in [0.05, 0.1) is 0 Å². The SMILES string of the molecule is CCCC(=O)O.CCC[CH2][Sn][CH2]CCC.O=C(O)/C=C\C(=O)O.